The SMILES string of the molecule is CC(C)C1=C(C(C)C)C(C)(C)CO1.CC(C)C1=C(C(C)C)C(F)(F)OC(F)(F)O1.CC(C)C1=C(C(C)C)OC(C)(C)O1.CC(C)C1=C(C(C)C)OC(F)(F)O1.CC(C)C1=C(C(C)C)OCC1.CC(C)C1=C(C(C)C)OCCO1.CC(C)C1=C(C(C)C)OCO1.CC(C)C1=C(C(C)C)OCOC1.CC(C)C1=C(C(C)C)OCOC1.CC(C)c1cccnc1C(C)C.CC(C)c1ccoc1C(C)C.CC(C)c1nccnc1C(C)C. The first-order chi connectivity index (χ1) is 68.1. The molecule has 12 heterocycles. The van der Waals surface area contributed by atoms with Crippen molar-refractivity contribution >= 4 is 0 Å². The zero-order valence-electron chi connectivity index (χ0n) is 102. The van der Waals surface area contributed by atoms with E-state index in [9.17, 15) is 26.3 Å². The number of allylic oxidation sites excluding steroid dienone is 13. The average Bonchev–Trinajstić information content (AvgIpc) is 1.18. The normalized spacial score (nSPS) is 18.0. The quantitative estimate of drug-likeness (QED) is 0.0766. The fourth-order valence-electron chi connectivity index (χ4n) is 17.4. The predicted octanol–water partition coefficient (Wildman–Crippen LogP) is 36.5. The lowest BCUT2D eigenvalue weighted by Gasteiger charge is -2.35. The molecule has 0 aromatic carbocycles. The van der Waals surface area contributed by atoms with Gasteiger partial charge in [-0.2, -0.15) is 8.78 Å². The van der Waals surface area contributed by atoms with Gasteiger partial charge in [-0.25, -0.2) is 4.74 Å². The maximum absolute atomic E-state index is 13.4. The summed E-state index contributed by atoms with van der Waals surface area (Å²) >= 11 is 0. The summed E-state index contributed by atoms with van der Waals surface area (Å²) in [7, 11) is 0. The van der Waals surface area contributed by atoms with Crippen LogP contribution < -0.4 is 0 Å². The van der Waals surface area contributed by atoms with Crippen LogP contribution in [0.2, 0.25) is 0 Å². The zero-order valence-corrected chi connectivity index (χ0v) is 102. The Morgan fingerprint density at radius 3 is 0.865 bits per heavy atom. The number of ether oxygens (including phenoxy) is 16. The van der Waals surface area contributed by atoms with Crippen molar-refractivity contribution in [2.45, 2.75) is 426 Å². The van der Waals surface area contributed by atoms with Crippen molar-refractivity contribution in [3.8, 4) is 0 Å². The molecule has 0 fully saturated rings. The van der Waals surface area contributed by atoms with E-state index in [0.29, 0.717) is 152 Å². The minimum atomic E-state index is -4.28. The number of furan rings is 1. The van der Waals surface area contributed by atoms with Crippen LogP contribution in [0.15, 0.2) is 150 Å². The highest BCUT2D eigenvalue weighted by Crippen LogP contribution is 2.48. The molecule has 0 radical (unpaired) electrons. The van der Waals surface area contributed by atoms with E-state index in [1.807, 2.05) is 26.1 Å². The van der Waals surface area contributed by atoms with Crippen LogP contribution in [0.1, 0.15) is 436 Å². The van der Waals surface area contributed by atoms with Crippen LogP contribution in [0.25, 0.3) is 0 Å². The number of rotatable bonds is 24. The van der Waals surface area contributed by atoms with E-state index < -0.39 is 47.7 Å². The summed E-state index contributed by atoms with van der Waals surface area (Å²) in [6.07, 6.45) is -3.41. The van der Waals surface area contributed by atoms with Gasteiger partial charge in [-0.15, -0.1) is 17.6 Å². The summed E-state index contributed by atoms with van der Waals surface area (Å²) in [6, 6.07) is 6.26. The van der Waals surface area contributed by atoms with Crippen LogP contribution in [0.5, 0.6) is 0 Å². The van der Waals surface area contributed by atoms with E-state index in [2.05, 4.69) is 337 Å². The molecular formula is C122H207F6N3O17. The summed E-state index contributed by atoms with van der Waals surface area (Å²) in [5, 5.41) is 0. The van der Waals surface area contributed by atoms with Crippen molar-refractivity contribution in [3.63, 3.8) is 0 Å². The second-order valence-corrected chi connectivity index (χ2v) is 47.4. The molecule has 854 valence electrons. The fourth-order valence-corrected chi connectivity index (χ4v) is 17.4. The maximum atomic E-state index is 13.4. The van der Waals surface area contributed by atoms with Crippen LogP contribution in [0, 0.1) is 112 Å². The first-order valence-electron chi connectivity index (χ1n) is 55.0. The van der Waals surface area contributed by atoms with Crippen LogP contribution in [-0.4, -0.2) is 99.5 Å². The molecule has 0 N–H and O–H groups in total. The summed E-state index contributed by atoms with van der Waals surface area (Å²) in [4.78, 5) is 13.1. The van der Waals surface area contributed by atoms with Crippen LogP contribution in [-0.2, 0) is 75.8 Å². The topological polar surface area (TPSA) is 199 Å². The molecule has 0 saturated carbocycles. The maximum Gasteiger partial charge on any atom is 0.585 e. The highest BCUT2D eigenvalue weighted by molar-refractivity contribution is 5.28. The molecule has 9 aliphatic rings. The van der Waals surface area contributed by atoms with E-state index in [0.717, 1.165) is 96.1 Å². The highest BCUT2D eigenvalue weighted by Gasteiger charge is 2.57. The molecule has 26 heteroatoms. The molecule has 0 spiro atoms. The predicted molar refractivity (Wildman–Crippen MR) is 588 cm³/mol. The van der Waals surface area contributed by atoms with Crippen LogP contribution in [0.3, 0.4) is 0 Å². The van der Waals surface area contributed by atoms with Gasteiger partial charge in [0.25, 0.3) is 0 Å². The molecule has 0 atom stereocenters. The first kappa shape index (κ1) is 138. The third kappa shape index (κ3) is 45.7. The number of alkyl halides is 6. The summed E-state index contributed by atoms with van der Waals surface area (Å²) in [5.74, 6) is 20.4. The van der Waals surface area contributed by atoms with Gasteiger partial charge in [0.05, 0.1) is 61.2 Å². The Morgan fingerprint density at radius 1 is 0.257 bits per heavy atom. The Bertz CT molecular complexity index is 4220. The van der Waals surface area contributed by atoms with Crippen molar-refractivity contribution in [2.24, 2.45) is 112 Å². The molecule has 0 aliphatic carbocycles. The molecule has 0 saturated heterocycles. The van der Waals surface area contributed by atoms with Crippen LogP contribution in [0.4, 0.5) is 26.3 Å². The van der Waals surface area contributed by atoms with Gasteiger partial charge in [0, 0.05) is 133 Å². The Labute approximate surface area is 894 Å². The largest absolute Gasteiger partial charge is 0.585 e. The molecule has 0 bridgehead atoms. The minimum Gasteiger partial charge on any atom is -0.497 e. The van der Waals surface area contributed by atoms with Crippen molar-refractivity contribution in [3.05, 3.63) is 180 Å². The first-order valence-corrected chi connectivity index (χ1v) is 55.0. The lowest BCUT2D eigenvalue weighted by atomic mass is 9.79. The second-order valence-electron chi connectivity index (χ2n) is 47.4. The number of halogens is 6. The molecule has 3 aromatic rings. The molecule has 0 unspecified atom stereocenters. The van der Waals surface area contributed by atoms with E-state index in [1.54, 1.807) is 46.4 Å². The van der Waals surface area contributed by atoms with Gasteiger partial charge in [-0.1, -0.05) is 352 Å². The number of hydrogen-bond donors (Lipinski definition) is 0. The smallest absolute Gasteiger partial charge is 0.497 e. The fraction of sp³-hybridized carbons (Fsp3) is 0.746. The third-order valence-corrected chi connectivity index (χ3v) is 24.3. The molecule has 3 aromatic heterocycles. The molecule has 9 aliphatic heterocycles. The number of pyridine rings is 1. The van der Waals surface area contributed by atoms with Gasteiger partial charge in [0.1, 0.15) is 82.3 Å². The van der Waals surface area contributed by atoms with E-state index in [1.165, 1.54) is 78.3 Å². The lowest BCUT2D eigenvalue weighted by molar-refractivity contribution is -0.464. The van der Waals surface area contributed by atoms with E-state index >= 15 is 0 Å². The number of nitrogens with zero attached hydrogens (tertiary/aromatic N) is 3. The third-order valence-electron chi connectivity index (χ3n) is 24.3. The molecule has 0 amide bonds. The summed E-state index contributed by atoms with van der Waals surface area (Å²) in [6.45, 7) is 114. The van der Waals surface area contributed by atoms with Crippen molar-refractivity contribution in [1.82, 2.24) is 15.0 Å². The van der Waals surface area contributed by atoms with Crippen molar-refractivity contribution in [1.29, 1.82) is 0 Å². The monoisotopic (exact) mass is 2100 g/mol. The number of hydrogen-bond acceptors (Lipinski definition) is 20. The molecular weight excluding hydrogens is 1890 g/mol. The van der Waals surface area contributed by atoms with E-state index in [4.69, 9.17) is 61.3 Å². The van der Waals surface area contributed by atoms with Gasteiger partial charge in [-0.3, -0.25) is 15.0 Å². The van der Waals surface area contributed by atoms with Gasteiger partial charge >= 0.3 is 18.7 Å². The molecule has 12 rings (SSSR count). The van der Waals surface area contributed by atoms with Crippen molar-refractivity contribution < 1.29 is 107 Å². The van der Waals surface area contributed by atoms with Gasteiger partial charge in [0.15, 0.2) is 13.6 Å². The van der Waals surface area contributed by atoms with Crippen molar-refractivity contribution in [2.75, 3.05) is 60.0 Å². The molecule has 20 nitrogen and oxygen atoms in total. The van der Waals surface area contributed by atoms with Crippen LogP contribution >= 0.6 is 0 Å². The Balaban J connectivity index is 0.000000808. The molecule has 148 heavy (non-hydrogen) atoms. The second kappa shape index (κ2) is 64.3. The Kier molecular flexibility index (Phi) is 59.9. The zero-order chi connectivity index (χ0) is 114. The van der Waals surface area contributed by atoms with Gasteiger partial charge in [-0.05, 0) is 105 Å². The average molecular weight is 2100 g/mol. The van der Waals surface area contributed by atoms with Gasteiger partial charge < -0.3 is 75.5 Å². The number of aromatic nitrogens is 3. The Hall–Kier alpha value is -7.97. The standard InChI is InChI=1S/C12H22O.C11H17N.C11H20O2.C10H14F4O2.C10H16N2.3C10H18O2.C10H18O.C10H16O.C9H14F2O2.C9H16O2/c1-8(2)10-11(9(3)4)13-7-12(10,5)6;1-8(2)10-6-5-7-12-11(10)9(3)4;1-7(2)9-10(8(3)4)13-11(5,6)12-9;1-5(2)7-8(6(3)4)15-10(13,14)16-9(7,11)12;1-7(2)9-10(8(3)4)12-6-5-11-9;2*1-7(2)9-5-11-6-12-10(9)8(3)4;1-7(2)9-10(8(3)4)12-6-5-11-9;2*1-7(2)9-5-6-11-10(9)8(3)4;1-5(2)7-8(6(3)4)13-9(10,11)12-7;1-6(2)8-9(7(3)4)11-5-10-8/h8-9H,7H2,1-6H3;5-9H,1-4H3;7-8H,1-6H3;5-6H,1-4H3;5-8H,1-4H3;3*7-8H,5-6H2,1-4H3;7-8H,5-6H2,1-4H3;5-8H,1-4H3;5-6H,1-4H3;6-7H,5H2,1-4H3. The van der Waals surface area contributed by atoms with E-state index in [-0.39, 0.29) is 28.8 Å². The Morgan fingerprint density at radius 2 is 0.574 bits per heavy atom. The minimum absolute atomic E-state index is 0.0780. The summed E-state index contributed by atoms with van der Waals surface area (Å²) < 4.78 is 166. The lowest BCUT2D eigenvalue weighted by Crippen LogP contribution is -2.44. The van der Waals surface area contributed by atoms with Gasteiger partial charge in [0.2, 0.25) is 12.6 Å². The highest BCUT2D eigenvalue weighted by atomic mass is 19.3. The summed E-state index contributed by atoms with van der Waals surface area (Å²) in [5.41, 5.74) is 11.6.